The van der Waals surface area contributed by atoms with Gasteiger partial charge in [-0.15, -0.1) is 0 Å². The largest absolute Gasteiger partial charge is 0.497 e. The van der Waals surface area contributed by atoms with Crippen LogP contribution in [0.2, 0.25) is 0 Å². The quantitative estimate of drug-likeness (QED) is 0.684. The number of nitrogens with two attached hydrogens (primary N) is 1. The van der Waals surface area contributed by atoms with Gasteiger partial charge in [0.2, 0.25) is 0 Å². The van der Waals surface area contributed by atoms with Crippen molar-refractivity contribution in [3.05, 3.63) is 53.6 Å². The highest BCUT2D eigenvalue weighted by atomic mass is 19.1. The maximum Gasteiger partial charge on any atom is 0.255 e. The standard InChI is InChI=1S/C22H26F2N2O4/c1-28-18-6-7-20(21(13-18)29-9-8-25)22(27)26-16-2-4-17(5-3-16)30-19-11-14(23)10-15(24)12-19/h6-7,10-13,16-17H,2-5,8-9,25H2,1H3,(H,26,27). The Labute approximate surface area is 174 Å². The van der Waals surface area contributed by atoms with Gasteiger partial charge in [-0.3, -0.25) is 4.79 Å². The van der Waals surface area contributed by atoms with Crippen molar-refractivity contribution in [2.75, 3.05) is 20.3 Å². The molecule has 8 heteroatoms. The van der Waals surface area contributed by atoms with Crippen molar-refractivity contribution in [2.45, 2.75) is 37.8 Å². The highest BCUT2D eigenvalue weighted by Crippen LogP contribution is 2.27. The molecule has 0 spiro atoms. The minimum absolute atomic E-state index is 0.0222. The number of amides is 1. The second-order valence-corrected chi connectivity index (χ2v) is 7.17. The molecule has 162 valence electrons. The van der Waals surface area contributed by atoms with E-state index >= 15 is 0 Å². The Bertz CT molecular complexity index is 850. The lowest BCUT2D eigenvalue weighted by Gasteiger charge is -2.29. The molecule has 3 rings (SSSR count). The first-order valence-electron chi connectivity index (χ1n) is 9.93. The third-order valence-electron chi connectivity index (χ3n) is 4.96. The molecule has 0 aromatic heterocycles. The maximum absolute atomic E-state index is 13.3. The maximum atomic E-state index is 13.3. The summed E-state index contributed by atoms with van der Waals surface area (Å²) in [5.41, 5.74) is 5.91. The van der Waals surface area contributed by atoms with E-state index in [9.17, 15) is 13.6 Å². The number of methoxy groups -OCH3 is 1. The van der Waals surface area contributed by atoms with Gasteiger partial charge in [0, 0.05) is 36.9 Å². The van der Waals surface area contributed by atoms with Crippen LogP contribution in [0.4, 0.5) is 8.78 Å². The monoisotopic (exact) mass is 420 g/mol. The van der Waals surface area contributed by atoms with E-state index in [0.717, 1.165) is 6.07 Å². The van der Waals surface area contributed by atoms with Gasteiger partial charge in [0.15, 0.2) is 0 Å². The molecule has 1 aliphatic rings. The summed E-state index contributed by atoms with van der Waals surface area (Å²) in [4.78, 5) is 12.8. The predicted octanol–water partition coefficient (Wildman–Crippen LogP) is 3.43. The smallest absolute Gasteiger partial charge is 0.255 e. The van der Waals surface area contributed by atoms with Gasteiger partial charge in [-0.1, -0.05) is 0 Å². The molecule has 0 saturated heterocycles. The summed E-state index contributed by atoms with van der Waals surface area (Å²) in [6.45, 7) is 0.619. The van der Waals surface area contributed by atoms with Crippen molar-refractivity contribution in [3.8, 4) is 17.2 Å². The van der Waals surface area contributed by atoms with Crippen LogP contribution in [-0.2, 0) is 0 Å². The number of hydrogen-bond acceptors (Lipinski definition) is 5. The van der Waals surface area contributed by atoms with Crippen LogP contribution in [0.25, 0.3) is 0 Å². The first-order valence-corrected chi connectivity index (χ1v) is 9.93. The third kappa shape index (κ3) is 5.82. The van der Waals surface area contributed by atoms with Crippen LogP contribution in [0.5, 0.6) is 17.2 Å². The van der Waals surface area contributed by atoms with Crippen LogP contribution in [0, 0.1) is 11.6 Å². The molecule has 0 atom stereocenters. The van der Waals surface area contributed by atoms with E-state index < -0.39 is 11.6 Å². The van der Waals surface area contributed by atoms with E-state index in [0.29, 0.717) is 49.3 Å². The normalized spacial score (nSPS) is 18.5. The van der Waals surface area contributed by atoms with E-state index in [1.807, 2.05) is 0 Å². The SMILES string of the molecule is COc1ccc(C(=O)NC2CCC(Oc3cc(F)cc(F)c3)CC2)c(OCCN)c1. The zero-order valence-electron chi connectivity index (χ0n) is 16.8. The number of halogens is 2. The highest BCUT2D eigenvalue weighted by Gasteiger charge is 2.25. The summed E-state index contributed by atoms with van der Waals surface area (Å²) in [5, 5.41) is 3.03. The molecular formula is C22H26F2N2O4. The van der Waals surface area contributed by atoms with E-state index in [2.05, 4.69) is 5.32 Å². The molecule has 1 amide bonds. The highest BCUT2D eigenvalue weighted by molar-refractivity contribution is 5.97. The minimum atomic E-state index is -0.668. The topological polar surface area (TPSA) is 82.8 Å². The van der Waals surface area contributed by atoms with E-state index in [1.165, 1.54) is 12.1 Å². The van der Waals surface area contributed by atoms with Gasteiger partial charge in [0.25, 0.3) is 5.91 Å². The molecule has 1 aliphatic carbocycles. The van der Waals surface area contributed by atoms with E-state index in [-0.39, 0.29) is 30.4 Å². The van der Waals surface area contributed by atoms with Gasteiger partial charge in [-0.25, -0.2) is 8.78 Å². The van der Waals surface area contributed by atoms with Gasteiger partial charge in [-0.2, -0.15) is 0 Å². The molecule has 0 radical (unpaired) electrons. The Balaban J connectivity index is 1.56. The summed E-state index contributed by atoms with van der Waals surface area (Å²) in [5.74, 6) is -0.384. The fourth-order valence-electron chi connectivity index (χ4n) is 3.48. The molecule has 0 bridgehead atoms. The van der Waals surface area contributed by atoms with Crippen LogP contribution >= 0.6 is 0 Å². The van der Waals surface area contributed by atoms with Gasteiger partial charge in [0.1, 0.15) is 35.5 Å². The van der Waals surface area contributed by atoms with Crippen LogP contribution < -0.4 is 25.3 Å². The lowest BCUT2D eigenvalue weighted by atomic mass is 9.92. The zero-order chi connectivity index (χ0) is 21.5. The summed E-state index contributed by atoms with van der Waals surface area (Å²) in [6.07, 6.45) is 2.58. The summed E-state index contributed by atoms with van der Waals surface area (Å²) in [6, 6.07) is 8.15. The molecule has 0 aliphatic heterocycles. The second kappa shape index (κ2) is 10.2. The Morgan fingerprint density at radius 3 is 2.40 bits per heavy atom. The number of carbonyl (C=O) groups excluding carboxylic acids is 1. The molecule has 30 heavy (non-hydrogen) atoms. The first-order chi connectivity index (χ1) is 14.5. The van der Waals surface area contributed by atoms with E-state index in [1.54, 1.807) is 25.3 Å². The fourth-order valence-corrected chi connectivity index (χ4v) is 3.48. The molecule has 1 saturated carbocycles. The summed E-state index contributed by atoms with van der Waals surface area (Å²) in [7, 11) is 1.54. The number of carbonyl (C=O) groups is 1. The molecular weight excluding hydrogens is 394 g/mol. The third-order valence-corrected chi connectivity index (χ3v) is 4.96. The minimum Gasteiger partial charge on any atom is -0.497 e. The lowest BCUT2D eigenvalue weighted by Crippen LogP contribution is -2.39. The number of hydrogen-bond donors (Lipinski definition) is 2. The summed E-state index contributed by atoms with van der Waals surface area (Å²) < 4.78 is 43.1. The van der Waals surface area contributed by atoms with Crippen LogP contribution in [0.1, 0.15) is 36.0 Å². The van der Waals surface area contributed by atoms with Crippen molar-refractivity contribution >= 4 is 5.91 Å². The number of benzene rings is 2. The average molecular weight is 420 g/mol. The predicted molar refractivity (Wildman–Crippen MR) is 108 cm³/mol. The Morgan fingerprint density at radius 1 is 1.07 bits per heavy atom. The van der Waals surface area contributed by atoms with Gasteiger partial charge in [-0.05, 0) is 37.8 Å². The number of nitrogens with one attached hydrogen (secondary N) is 1. The molecule has 0 unspecified atom stereocenters. The van der Waals surface area contributed by atoms with Gasteiger partial charge < -0.3 is 25.3 Å². The van der Waals surface area contributed by atoms with Gasteiger partial charge >= 0.3 is 0 Å². The van der Waals surface area contributed by atoms with Crippen molar-refractivity contribution in [1.29, 1.82) is 0 Å². The number of rotatable bonds is 8. The van der Waals surface area contributed by atoms with Crippen molar-refractivity contribution in [2.24, 2.45) is 5.73 Å². The number of ether oxygens (including phenoxy) is 3. The zero-order valence-corrected chi connectivity index (χ0v) is 16.8. The van der Waals surface area contributed by atoms with Gasteiger partial charge in [0.05, 0.1) is 18.8 Å². The van der Waals surface area contributed by atoms with Crippen molar-refractivity contribution < 1.29 is 27.8 Å². The van der Waals surface area contributed by atoms with Crippen LogP contribution in [-0.4, -0.2) is 38.3 Å². The molecule has 0 heterocycles. The Kier molecular flexibility index (Phi) is 7.46. The van der Waals surface area contributed by atoms with Crippen molar-refractivity contribution in [1.82, 2.24) is 5.32 Å². The fraction of sp³-hybridized carbons (Fsp3) is 0.409. The Hall–Kier alpha value is -2.87. The van der Waals surface area contributed by atoms with Crippen LogP contribution in [0.15, 0.2) is 36.4 Å². The molecule has 2 aromatic rings. The second-order valence-electron chi connectivity index (χ2n) is 7.17. The molecule has 1 fully saturated rings. The first kappa shape index (κ1) is 21.8. The molecule has 3 N–H and O–H groups in total. The summed E-state index contributed by atoms with van der Waals surface area (Å²) >= 11 is 0. The van der Waals surface area contributed by atoms with E-state index in [4.69, 9.17) is 19.9 Å². The lowest BCUT2D eigenvalue weighted by molar-refractivity contribution is 0.0889. The molecule has 6 nitrogen and oxygen atoms in total. The van der Waals surface area contributed by atoms with Crippen molar-refractivity contribution in [3.63, 3.8) is 0 Å². The Morgan fingerprint density at radius 2 is 1.77 bits per heavy atom. The average Bonchev–Trinajstić information content (AvgIpc) is 2.72. The molecule has 2 aromatic carbocycles. The van der Waals surface area contributed by atoms with Crippen LogP contribution in [0.3, 0.4) is 0 Å².